The summed E-state index contributed by atoms with van der Waals surface area (Å²) in [6, 6.07) is 17.0. The monoisotopic (exact) mass is 331 g/mol. The van der Waals surface area contributed by atoms with Crippen molar-refractivity contribution in [3.63, 3.8) is 0 Å². The zero-order valence-corrected chi connectivity index (χ0v) is 13.8. The first-order valence-electron chi connectivity index (χ1n) is 7.72. The van der Waals surface area contributed by atoms with Crippen LogP contribution in [-0.4, -0.2) is 15.9 Å². The second kappa shape index (κ2) is 7.32. The summed E-state index contributed by atoms with van der Waals surface area (Å²) in [5.74, 6) is 1.10. The molecule has 25 heavy (non-hydrogen) atoms. The highest BCUT2D eigenvalue weighted by Gasteiger charge is 2.00. The van der Waals surface area contributed by atoms with Gasteiger partial charge in [0.15, 0.2) is 0 Å². The van der Waals surface area contributed by atoms with Gasteiger partial charge in [-0.25, -0.2) is 9.66 Å². The van der Waals surface area contributed by atoms with Crippen molar-refractivity contribution in [1.82, 2.24) is 9.66 Å². The van der Waals surface area contributed by atoms with Crippen molar-refractivity contribution in [3.05, 3.63) is 77.1 Å². The van der Waals surface area contributed by atoms with Crippen LogP contribution < -0.4 is 10.5 Å². The van der Waals surface area contributed by atoms with E-state index in [0.717, 1.165) is 22.6 Å². The number of ether oxygens (including phenoxy) is 1. The standard InChI is InChI=1S/C19H17N5O/c1-14-12-24(19(21)23-14)22-11-15-5-7-18(8-6-15)25-13-17-4-2-3-16(9-17)10-20/h2-9,11-12H,13H2,1H3,(H2,21,23). The highest BCUT2D eigenvalue weighted by Crippen LogP contribution is 2.14. The summed E-state index contributed by atoms with van der Waals surface area (Å²) in [7, 11) is 0. The summed E-state index contributed by atoms with van der Waals surface area (Å²) < 4.78 is 7.27. The predicted octanol–water partition coefficient (Wildman–Crippen LogP) is 3.11. The van der Waals surface area contributed by atoms with Gasteiger partial charge in [-0.05, 0) is 54.4 Å². The van der Waals surface area contributed by atoms with Crippen LogP contribution in [0.4, 0.5) is 5.95 Å². The van der Waals surface area contributed by atoms with E-state index >= 15 is 0 Å². The van der Waals surface area contributed by atoms with Crippen molar-refractivity contribution < 1.29 is 4.74 Å². The van der Waals surface area contributed by atoms with Crippen molar-refractivity contribution in [2.75, 3.05) is 5.73 Å². The van der Waals surface area contributed by atoms with Gasteiger partial charge in [-0.2, -0.15) is 10.4 Å². The summed E-state index contributed by atoms with van der Waals surface area (Å²) in [6.07, 6.45) is 3.47. The summed E-state index contributed by atoms with van der Waals surface area (Å²) in [5, 5.41) is 13.2. The topological polar surface area (TPSA) is 89.2 Å². The smallest absolute Gasteiger partial charge is 0.221 e. The van der Waals surface area contributed by atoms with E-state index in [1.54, 1.807) is 18.5 Å². The molecule has 0 unspecified atom stereocenters. The minimum absolute atomic E-state index is 0.355. The predicted molar refractivity (Wildman–Crippen MR) is 96.3 cm³/mol. The van der Waals surface area contributed by atoms with E-state index in [1.165, 1.54) is 4.68 Å². The fourth-order valence-corrected chi connectivity index (χ4v) is 2.27. The van der Waals surface area contributed by atoms with E-state index in [1.807, 2.05) is 49.4 Å². The van der Waals surface area contributed by atoms with E-state index in [9.17, 15) is 0 Å². The molecular weight excluding hydrogens is 314 g/mol. The Hall–Kier alpha value is -3.59. The SMILES string of the molecule is Cc1cn(N=Cc2ccc(OCc3cccc(C#N)c3)cc2)c(N)n1. The molecule has 1 aromatic heterocycles. The summed E-state index contributed by atoms with van der Waals surface area (Å²) in [5.41, 5.74) is 9.06. The molecule has 3 rings (SSSR count). The normalized spacial score (nSPS) is 10.7. The minimum atomic E-state index is 0.355. The number of anilines is 1. The third-order valence-corrected chi connectivity index (χ3v) is 3.51. The first kappa shape index (κ1) is 16.3. The Bertz CT molecular complexity index is 935. The van der Waals surface area contributed by atoms with Gasteiger partial charge < -0.3 is 10.5 Å². The zero-order chi connectivity index (χ0) is 17.6. The van der Waals surface area contributed by atoms with Crippen LogP contribution in [0.25, 0.3) is 0 Å². The number of imidazole rings is 1. The molecule has 0 saturated carbocycles. The van der Waals surface area contributed by atoms with Gasteiger partial charge >= 0.3 is 0 Å². The van der Waals surface area contributed by atoms with Crippen LogP contribution in [-0.2, 0) is 6.61 Å². The number of nitrogen functional groups attached to an aromatic ring is 1. The Morgan fingerprint density at radius 1 is 1.28 bits per heavy atom. The van der Waals surface area contributed by atoms with Gasteiger partial charge in [0.25, 0.3) is 0 Å². The van der Waals surface area contributed by atoms with Crippen LogP contribution in [0.2, 0.25) is 0 Å². The van der Waals surface area contributed by atoms with Crippen molar-refractivity contribution in [1.29, 1.82) is 5.26 Å². The van der Waals surface area contributed by atoms with Gasteiger partial charge in [-0.15, -0.1) is 0 Å². The molecule has 0 aliphatic rings. The van der Waals surface area contributed by atoms with Crippen molar-refractivity contribution in [2.45, 2.75) is 13.5 Å². The molecule has 2 N–H and O–H groups in total. The van der Waals surface area contributed by atoms with Gasteiger partial charge in [0.05, 0.1) is 29.7 Å². The van der Waals surface area contributed by atoms with Crippen LogP contribution >= 0.6 is 0 Å². The van der Waals surface area contributed by atoms with Crippen molar-refractivity contribution in [2.24, 2.45) is 5.10 Å². The minimum Gasteiger partial charge on any atom is -0.489 e. The molecule has 0 aliphatic heterocycles. The van der Waals surface area contributed by atoms with Crippen LogP contribution in [0.5, 0.6) is 5.75 Å². The number of aromatic nitrogens is 2. The second-order valence-corrected chi connectivity index (χ2v) is 5.50. The highest BCUT2D eigenvalue weighted by molar-refractivity contribution is 5.79. The van der Waals surface area contributed by atoms with E-state index < -0.39 is 0 Å². The number of rotatable bonds is 5. The van der Waals surface area contributed by atoms with Crippen LogP contribution in [0.15, 0.2) is 59.8 Å². The Morgan fingerprint density at radius 2 is 2.08 bits per heavy atom. The van der Waals surface area contributed by atoms with Gasteiger partial charge in [0, 0.05) is 0 Å². The van der Waals surface area contributed by atoms with Crippen molar-refractivity contribution in [3.8, 4) is 11.8 Å². The molecule has 2 aromatic carbocycles. The quantitative estimate of drug-likeness (QED) is 0.727. The third kappa shape index (κ3) is 4.24. The van der Waals surface area contributed by atoms with E-state index in [2.05, 4.69) is 16.2 Å². The molecule has 1 heterocycles. The third-order valence-electron chi connectivity index (χ3n) is 3.51. The lowest BCUT2D eigenvalue weighted by Crippen LogP contribution is -1.97. The van der Waals surface area contributed by atoms with E-state index in [4.69, 9.17) is 15.7 Å². The molecule has 0 saturated heterocycles. The van der Waals surface area contributed by atoms with Gasteiger partial charge in [-0.1, -0.05) is 12.1 Å². The molecule has 0 bridgehead atoms. The molecule has 6 nitrogen and oxygen atoms in total. The molecule has 0 fully saturated rings. The number of nitrogens with zero attached hydrogens (tertiary/aromatic N) is 4. The number of benzene rings is 2. The first-order chi connectivity index (χ1) is 12.1. The molecule has 3 aromatic rings. The highest BCUT2D eigenvalue weighted by atomic mass is 16.5. The Morgan fingerprint density at radius 3 is 2.76 bits per heavy atom. The molecule has 0 aliphatic carbocycles. The Balaban J connectivity index is 1.62. The first-order valence-corrected chi connectivity index (χ1v) is 7.72. The number of nitrogens with two attached hydrogens (primary N) is 1. The maximum Gasteiger partial charge on any atom is 0.221 e. The number of aryl methyl sites for hydroxylation is 1. The molecule has 124 valence electrons. The van der Waals surface area contributed by atoms with Gasteiger partial charge in [0.1, 0.15) is 12.4 Å². The van der Waals surface area contributed by atoms with Gasteiger partial charge in [-0.3, -0.25) is 0 Å². The van der Waals surface area contributed by atoms with Crippen LogP contribution in [0.1, 0.15) is 22.4 Å². The van der Waals surface area contributed by atoms with E-state index in [-0.39, 0.29) is 0 Å². The average Bonchev–Trinajstić information content (AvgIpc) is 2.96. The lowest BCUT2D eigenvalue weighted by Gasteiger charge is -2.06. The molecular formula is C19H17N5O. The fourth-order valence-electron chi connectivity index (χ4n) is 2.27. The largest absolute Gasteiger partial charge is 0.489 e. The van der Waals surface area contributed by atoms with Crippen LogP contribution in [0.3, 0.4) is 0 Å². The summed E-state index contributed by atoms with van der Waals surface area (Å²) in [4.78, 5) is 4.09. The lowest BCUT2D eigenvalue weighted by atomic mass is 10.1. The maximum absolute atomic E-state index is 8.91. The number of hydrogen-bond donors (Lipinski definition) is 1. The number of nitriles is 1. The molecule has 0 amide bonds. The average molecular weight is 331 g/mol. The fraction of sp³-hybridized carbons (Fsp3) is 0.105. The zero-order valence-electron chi connectivity index (χ0n) is 13.8. The Kier molecular flexibility index (Phi) is 4.77. The van der Waals surface area contributed by atoms with E-state index in [0.29, 0.717) is 18.1 Å². The molecule has 0 radical (unpaired) electrons. The summed E-state index contributed by atoms with van der Waals surface area (Å²) in [6.45, 7) is 2.27. The van der Waals surface area contributed by atoms with Crippen LogP contribution in [0, 0.1) is 18.3 Å². The maximum atomic E-state index is 8.91. The molecule has 0 spiro atoms. The molecule has 6 heteroatoms. The molecule has 0 atom stereocenters. The summed E-state index contributed by atoms with van der Waals surface area (Å²) >= 11 is 0. The Labute approximate surface area is 145 Å². The van der Waals surface area contributed by atoms with Gasteiger partial charge in [0.2, 0.25) is 5.95 Å². The van der Waals surface area contributed by atoms with Crippen molar-refractivity contribution >= 4 is 12.2 Å². The lowest BCUT2D eigenvalue weighted by molar-refractivity contribution is 0.306. The second-order valence-electron chi connectivity index (χ2n) is 5.50. The number of hydrogen-bond acceptors (Lipinski definition) is 5.